The first-order valence-electron chi connectivity index (χ1n) is 6.62. The van der Waals surface area contributed by atoms with Crippen LogP contribution < -0.4 is 11.3 Å². The third-order valence-electron chi connectivity index (χ3n) is 3.29. The molecule has 2 rings (SSSR count). The van der Waals surface area contributed by atoms with Crippen molar-refractivity contribution < 1.29 is 8.78 Å². The number of thiophene rings is 1. The highest BCUT2D eigenvalue weighted by atomic mass is 32.1. The Morgan fingerprint density at radius 1 is 1.20 bits per heavy atom. The van der Waals surface area contributed by atoms with Crippen molar-refractivity contribution in [1.29, 1.82) is 0 Å². The molecule has 1 unspecified atom stereocenters. The zero-order valence-corrected chi connectivity index (χ0v) is 11.9. The summed E-state index contributed by atoms with van der Waals surface area (Å²) >= 11 is 1.73. The van der Waals surface area contributed by atoms with E-state index in [9.17, 15) is 8.78 Å². The van der Waals surface area contributed by atoms with E-state index in [1.54, 1.807) is 17.4 Å². The lowest BCUT2D eigenvalue weighted by atomic mass is 10.0. The predicted octanol–water partition coefficient (Wildman–Crippen LogP) is 3.42. The molecule has 1 heterocycles. The van der Waals surface area contributed by atoms with E-state index in [-0.39, 0.29) is 6.04 Å². The average molecular weight is 296 g/mol. The highest BCUT2D eigenvalue weighted by Crippen LogP contribution is 2.17. The monoisotopic (exact) mass is 296 g/mol. The molecule has 3 N–H and O–H groups in total. The molecule has 0 fully saturated rings. The van der Waals surface area contributed by atoms with Crippen LogP contribution in [-0.4, -0.2) is 6.04 Å². The van der Waals surface area contributed by atoms with Gasteiger partial charge in [-0.05, 0) is 48.8 Å². The number of benzene rings is 1. The van der Waals surface area contributed by atoms with Crippen molar-refractivity contribution >= 4 is 11.3 Å². The Morgan fingerprint density at radius 3 is 2.75 bits per heavy atom. The molecule has 0 aliphatic carbocycles. The number of nitrogens with one attached hydrogen (secondary N) is 1. The van der Waals surface area contributed by atoms with Crippen LogP contribution in [0.15, 0.2) is 35.7 Å². The van der Waals surface area contributed by atoms with Gasteiger partial charge in [0, 0.05) is 10.9 Å². The molecule has 0 saturated heterocycles. The molecule has 2 nitrogen and oxygen atoms in total. The van der Waals surface area contributed by atoms with Crippen LogP contribution in [-0.2, 0) is 12.8 Å². The standard InChI is InChI=1S/C15H18F2N2S/c16-14-8-1-4-11(15(14)17)10-12(19-18)5-2-6-13-7-3-9-20-13/h1,3-4,7-9,12,19H,2,5-6,10,18H2. The van der Waals surface area contributed by atoms with Gasteiger partial charge in [0.25, 0.3) is 0 Å². The van der Waals surface area contributed by atoms with E-state index in [1.165, 1.54) is 10.9 Å². The summed E-state index contributed by atoms with van der Waals surface area (Å²) in [5.41, 5.74) is 3.06. The van der Waals surface area contributed by atoms with Crippen molar-refractivity contribution in [3.8, 4) is 0 Å². The lowest BCUT2D eigenvalue weighted by Gasteiger charge is -2.16. The summed E-state index contributed by atoms with van der Waals surface area (Å²) in [5.74, 6) is 3.92. The van der Waals surface area contributed by atoms with E-state index in [2.05, 4.69) is 16.9 Å². The Bertz CT molecular complexity index is 529. The Balaban J connectivity index is 1.87. The normalized spacial score (nSPS) is 12.6. The van der Waals surface area contributed by atoms with Crippen molar-refractivity contribution in [2.45, 2.75) is 31.7 Å². The number of halogens is 2. The first-order chi connectivity index (χ1) is 9.70. The molecule has 0 aliphatic heterocycles. The summed E-state index contributed by atoms with van der Waals surface area (Å²) in [4.78, 5) is 1.33. The van der Waals surface area contributed by atoms with Crippen LogP contribution in [0.5, 0.6) is 0 Å². The Hall–Kier alpha value is -1.30. The van der Waals surface area contributed by atoms with Gasteiger partial charge < -0.3 is 0 Å². The van der Waals surface area contributed by atoms with Crippen LogP contribution >= 0.6 is 11.3 Å². The fraction of sp³-hybridized carbons (Fsp3) is 0.333. The van der Waals surface area contributed by atoms with Gasteiger partial charge in [-0.2, -0.15) is 0 Å². The zero-order valence-electron chi connectivity index (χ0n) is 11.1. The molecular formula is C15H18F2N2S. The smallest absolute Gasteiger partial charge is 0.162 e. The quantitative estimate of drug-likeness (QED) is 0.607. The van der Waals surface area contributed by atoms with Crippen LogP contribution in [0.25, 0.3) is 0 Å². The third kappa shape index (κ3) is 4.10. The first-order valence-corrected chi connectivity index (χ1v) is 7.50. The second-order valence-electron chi connectivity index (χ2n) is 4.75. The molecule has 0 saturated carbocycles. The molecule has 0 radical (unpaired) electrons. The lowest BCUT2D eigenvalue weighted by molar-refractivity contribution is 0.453. The summed E-state index contributed by atoms with van der Waals surface area (Å²) in [6.07, 6.45) is 3.17. The number of hydrogen-bond donors (Lipinski definition) is 2. The number of nitrogens with two attached hydrogens (primary N) is 1. The minimum Gasteiger partial charge on any atom is -0.271 e. The van der Waals surface area contributed by atoms with Gasteiger partial charge >= 0.3 is 0 Å². The van der Waals surface area contributed by atoms with Crippen LogP contribution in [0, 0.1) is 11.6 Å². The van der Waals surface area contributed by atoms with E-state index in [0.717, 1.165) is 25.3 Å². The van der Waals surface area contributed by atoms with E-state index in [0.29, 0.717) is 12.0 Å². The molecular weight excluding hydrogens is 278 g/mol. The fourth-order valence-electron chi connectivity index (χ4n) is 2.19. The molecule has 1 aromatic heterocycles. The molecule has 0 bridgehead atoms. The molecule has 108 valence electrons. The van der Waals surface area contributed by atoms with Gasteiger partial charge in [0.05, 0.1) is 0 Å². The second kappa shape index (κ2) is 7.47. The van der Waals surface area contributed by atoms with Gasteiger partial charge in [0.15, 0.2) is 11.6 Å². The summed E-state index contributed by atoms with van der Waals surface area (Å²) in [5, 5.41) is 2.05. The summed E-state index contributed by atoms with van der Waals surface area (Å²) < 4.78 is 26.7. The summed E-state index contributed by atoms with van der Waals surface area (Å²) in [7, 11) is 0. The Morgan fingerprint density at radius 2 is 2.05 bits per heavy atom. The predicted molar refractivity (Wildman–Crippen MR) is 78.4 cm³/mol. The maximum Gasteiger partial charge on any atom is 0.162 e. The van der Waals surface area contributed by atoms with Crippen molar-refractivity contribution in [3.63, 3.8) is 0 Å². The topological polar surface area (TPSA) is 38.0 Å². The molecule has 0 amide bonds. The minimum atomic E-state index is -0.808. The first kappa shape index (κ1) is 15.1. The lowest BCUT2D eigenvalue weighted by Crippen LogP contribution is -2.37. The molecule has 1 aromatic carbocycles. The molecule has 2 aromatic rings. The number of aryl methyl sites for hydroxylation is 1. The van der Waals surface area contributed by atoms with E-state index in [4.69, 9.17) is 5.84 Å². The second-order valence-corrected chi connectivity index (χ2v) is 5.78. The SMILES string of the molecule is NNC(CCCc1cccs1)Cc1cccc(F)c1F. The Kier molecular flexibility index (Phi) is 5.64. The van der Waals surface area contributed by atoms with E-state index < -0.39 is 11.6 Å². The van der Waals surface area contributed by atoms with Crippen molar-refractivity contribution in [3.05, 3.63) is 57.8 Å². The number of hydrogen-bond acceptors (Lipinski definition) is 3. The third-order valence-corrected chi connectivity index (χ3v) is 4.23. The van der Waals surface area contributed by atoms with Crippen molar-refractivity contribution in [2.75, 3.05) is 0 Å². The molecule has 0 spiro atoms. The van der Waals surface area contributed by atoms with E-state index >= 15 is 0 Å². The van der Waals surface area contributed by atoms with Gasteiger partial charge in [0.1, 0.15) is 0 Å². The molecule has 20 heavy (non-hydrogen) atoms. The van der Waals surface area contributed by atoms with Gasteiger partial charge in [-0.3, -0.25) is 11.3 Å². The molecule has 1 atom stereocenters. The van der Waals surface area contributed by atoms with Gasteiger partial charge in [0.2, 0.25) is 0 Å². The molecule has 5 heteroatoms. The maximum atomic E-state index is 13.6. The van der Waals surface area contributed by atoms with Gasteiger partial charge in [-0.15, -0.1) is 11.3 Å². The average Bonchev–Trinajstić information content (AvgIpc) is 2.95. The van der Waals surface area contributed by atoms with E-state index in [1.807, 2.05) is 6.07 Å². The van der Waals surface area contributed by atoms with Crippen LogP contribution in [0.1, 0.15) is 23.3 Å². The van der Waals surface area contributed by atoms with Crippen LogP contribution in [0.4, 0.5) is 8.78 Å². The fourth-order valence-corrected chi connectivity index (χ4v) is 2.94. The highest BCUT2D eigenvalue weighted by Gasteiger charge is 2.13. The van der Waals surface area contributed by atoms with Crippen LogP contribution in [0.3, 0.4) is 0 Å². The minimum absolute atomic E-state index is 0.0498. The number of rotatable bonds is 7. The maximum absolute atomic E-state index is 13.6. The van der Waals surface area contributed by atoms with Gasteiger partial charge in [-0.1, -0.05) is 18.2 Å². The van der Waals surface area contributed by atoms with Crippen LogP contribution in [0.2, 0.25) is 0 Å². The van der Waals surface area contributed by atoms with Crippen molar-refractivity contribution in [2.24, 2.45) is 5.84 Å². The van der Waals surface area contributed by atoms with Gasteiger partial charge in [-0.25, -0.2) is 8.78 Å². The van der Waals surface area contributed by atoms with Crippen molar-refractivity contribution in [1.82, 2.24) is 5.43 Å². The number of hydrazine groups is 1. The Labute approximate surface area is 121 Å². The summed E-state index contributed by atoms with van der Waals surface area (Å²) in [6.45, 7) is 0. The highest BCUT2D eigenvalue weighted by molar-refractivity contribution is 7.09. The summed E-state index contributed by atoms with van der Waals surface area (Å²) in [6, 6.07) is 8.32. The zero-order chi connectivity index (χ0) is 14.4. The largest absolute Gasteiger partial charge is 0.271 e. The molecule has 0 aliphatic rings.